The van der Waals surface area contributed by atoms with E-state index in [-0.39, 0.29) is 17.2 Å². The minimum absolute atomic E-state index is 0.0802. The van der Waals surface area contributed by atoms with Gasteiger partial charge in [-0.2, -0.15) is 0 Å². The van der Waals surface area contributed by atoms with Gasteiger partial charge in [0, 0.05) is 24.7 Å². The standard InChI is InChI=1S/C24H24N4O2S2/c1-16-7-6-12-27(13-16)19(29)15-31-24-26-20-18-10-5-11-25-22(18)32-21(20)23(30)28(24)14-17-8-3-2-4-9-17/h2-5,8-11,16H,6-7,12-15H2,1H3. The summed E-state index contributed by atoms with van der Waals surface area (Å²) >= 11 is 2.73. The molecule has 1 aromatic carbocycles. The van der Waals surface area contributed by atoms with Crippen molar-refractivity contribution in [3.8, 4) is 0 Å². The maximum Gasteiger partial charge on any atom is 0.272 e. The van der Waals surface area contributed by atoms with Crippen LogP contribution in [0.2, 0.25) is 0 Å². The van der Waals surface area contributed by atoms with Crippen LogP contribution in [0, 0.1) is 5.92 Å². The van der Waals surface area contributed by atoms with Crippen LogP contribution in [0.25, 0.3) is 20.4 Å². The molecule has 1 saturated heterocycles. The van der Waals surface area contributed by atoms with Crippen LogP contribution in [0.1, 0.15) is 25.3 Å². The lowest BCUT2D eigenvalue weighted by Crippen LogP contribution is -2.40. The fourth-order valence-corrected chi connectivity index (χ4v) is 6.12. The Morgan fingerprint density at radius 1 is 1.22 bits per heavy atom. The number of carbonyl (C=O) groups excluding carboxylic acids is 1. The minimum atomic E-state index is -0.0802. The number of carbonyl (C=O) groups is 1. The molecule has 1 amide bonds. The summed E-state index contributed by atoms with van der Waals surface area (Å²) in [6, 6.07) is 13.7. The van der Waals surface area contributed by atoms with Crippen molar-refractivity contribution in [3.05, 3.63) is 64.6 Å². The van der Waals surface area contributed by atoms with E-state index in [0.717, 1.165) is 35.3 Å². The Kier molecular flexibility index (Phi) is 5.97. The Bertz CT molecular complexity index is 1330. The van der Waals surface area contributed by atoms with Crippen LogP contribution in [0.4, 0.5) is 0 Å². The van der Waals surface area contributed by atoms with Crippen molar-refractivity contribution < 1.29 is 4.79 Å². The van der Waals surface area contributed by atoms with Crippen molar-refractivity contribution in [3.63, 3.8) is 0 Å². The smallest absolute Gasteiger partial charge is 0.272 e. The molecule has 1 unspecified atom stereocenters. The largest absolute Gasteiger partial charge is 0.342 e. The summed E-state index contributed by atoms with van der Waals surface area (Å²) in [6.45, 7) is 4.23. The summed E-state index contributed by atoms with van der Waals surface area (Å²) in [5.74, 6) is 0.923. The van der Waals surface area contributed by atoms with E-state index in [1.54, 1.807) is 10.8 Å². The molecular weight excluding hydrogens is 440 g/mol. The molecule has 4 heterocycles. The molecule has 6 nitrogen and oxygen atoms in total. The Balaban J connectivity index is 1.52. The summed E-state index contributed by atoms with van der Waals surface area (Å²) in [5.41, 5.74) is 1.62. The summed E-state index contributed by atoms with van der Waals surface area (Å²) in [7, 11) is 0. The highest BCUT2D eigenvalue weighted by Crippen LogP contribution is 2.31. The Labute approximate surface area is 194 Å². The molecule has 0 radical (unpaired) electrons. The third-order valence-electron chi connectivity index (χ3n) is 5.84. The van der Waals surface area contributed by atoms with Crippen LogP contribution in [0.15, 0.2) is 58.6 Å². The van der Waals surface area contributed by atoms with Gasteiger partial charge in [0.05, 0.1) is 17.8 Å². The van der Waals surface area contributed by atoms with Gasteiger partial charge in [-0.3, -0.25) is 14.2 Å². The van der Waals surface area contributed by atoms with E-state index in [1.165, 1.54) is 29.5 Å². The second-order valence-corrected chi connectivity index (χ2v) is 10.2. The quantitative estimate of drug-likeness (QED) is 0.323. The van der Waals surface area contributed by atoms with Crippen molar-refractivity contribution in [1.29, 1.82) is 0 Å². The number of hydrogen-bond acceptors (Lipinski definition) is 6. The highest BCUT2D eigenvalue weighted by molar-refractivity contribution is 7.99. The number of thiophene rings is 1. The number of nitrogens with zero attached hydrogens (tertiary/aromatic N) is 4. The molecule has 1 aliphatic heterocycles. The number of piperidine rings is 1. The Morgan fingerprint density at radius 2 is 2.06 bits per heavy atom. The van der Waals surface area contributed by atoms with Crippen LogP contribution in [0.3, 0.4) is 0 Å². The van der Waals surface area contributed by atoms with E-state index in [4.69, 9.17) is 4.98 Å². The molecular formula is C24H24N4O2S2. The minimum Gasteiger partial charge on any atom is -0.342 e. The fraction of sp³-hybridized carbons (Fsp3) is 0.333. The number of fused-ring (bicyclic) bond motifs is 3. The van der Waals surface area contributed by atoms with Gasteiger partial charge < -0.3 is 4.90 Å². The van der Waals surface area contributed by atoms with Gasteiger partial charge in [0.1, 0.15) is 9.53 Å². The number of aromatic nitrogens is 3. The monoisotopic (exact) mass is 464 g/mol. The predicted octanol–water partition coefficient (Wildman–Crippen LogP) is 4.41. The normalized spacial score (nSPS) is 16.7. The first-order chi connectivity index (χ1) is 15.6. The summed E-state index contributed by atoms with van der Waals surface area (Å²) < 4.78 is 2.30. The van der Waals surface area contributed by atoms with Crippen molar-refractivity contribution in [2.24, 2.45) is 5.92 Å². The molecule has 164 valence electrons. The number of thioether (sulfide) groups is 1. The van der Waals surface area contributed by atoms with Gasteiger partial charge in [0.15, 0.2) is 5.16 Å². The van der Waals surface area contributed by atoms with Crippen molar-refractivity contribution >= 4 is 49.4 Å². The SMILES string of the molecule is CC1CCCN(C(=O)CSc2nc3c(sc4ncccc43)c(=O)n2Cc2ccccc2)C1. The number of rotatable bonds is 5. The molecule has 0 spiro atoms. The number of pyridine rings is 1. The van der Waals surface area contributed by atoms with E-state index in [9.17, 15) is 9.59 Å². The van der Waals surface area contributed by atoms with E-state index in [1.807, 2.05) is 47.4 Å². The first kappa shape index (κ1) is 21.2. The first-order valence-electron chi connectivity index (χ1n) is 10.8. The van der Waals surface area contributed by atoms with Gasteiger partial charge in [-0.1, -0.05) is 49.0 Å². The number of benzene rings is 1. The third-order valence-corrected chi connectivity index (χ3v) is 7.89. The number of amides is 1. The molecule has 4 aromatic rings. The van der Waals surface area contributed by atoms with E-state index >= 15 is 0 Å². The zero-order valence-electron chi connectivity index (χ0n) is 17.9. The zero-order chi connectivity index (χ0) is 22.1. The second-order valence-electron chi connectivity index (χ2n) is 8.28. The van der Waals surface area contributed by atoms with Gasteiger partial charge in [0.25, 0.3) is 5.56 Å². The molecule has 32 heavy (non-hydrogen) atoms. The highest BCUT2D eigenvalue weighted by Gasteiger charge is 2.23. The van der Waals surface area contributed by atoms with Gasteiger partial charge in [-0.15, -0.1) is 11.3 Å². The van der Waals surface area contributed by atoms with Crippen LogP contribution < -0.4 is 5.56 Å². The van der Waals surface area contributed by atoms with E-state index < -0.39 is 0 Å². The lowest BCUT2D eigenvalue weighted by atomic mass is 10.0. The van der Waals surface area contributed by atoms with Gasteiger partial charge in [-0.25, -0.2) is 9.97 Å². The molecule has 0 aliphatic carbocycles. The fourth-order valence-electron chi connectivity index (χ4n) is 4.19. The van der Waals surface area contributed by atoms with Crippen LogP contribution in [0.5, 0.6) is 0 Å². The molecule has 5 rings (SSSR count). The third kappa shape index (κ3) is 4.17. The molecule has 1 fully saturated rings. The lowest BCUT2D eigenvalue weighted by Gasteiger charge is -2.30. The molecule has 8 heteroatoms. The summed E-state index contributed by atoms with van der Waals surface area (Å²) in [5, 5.41) is 1.46. The first-order valence-corrected chi connectivity index (χ1v) is 12.6. The zero-order valence-corrected chi connectivity index (χ0v) is 19.5. The number of hydrogen-bond donors (Lipinski definition) is 0. The molecule has 0 N–H and O–H groups in total. The van der Waals surface area contributed by atoms with Gasteiger partial charge in [-0.05, 0) is 36.5 Å². The Morgan fingerprint density at radius 3 is 2.88 bits per heavy atom. The van der Waals surface area contributed by atoms with Crippen molar-refractivity contribution in [1.82, 2.24) is 19.4 Å². The van der Waals surface area contributed by atoms with Gasteiger partial charge in [0.2, 0.25) is 5.91 Å². The topological polar surface area (TPSA) is 68.1 Å². The molecule has 1 aliphatic rings. The summed E-state index contributed by atoms with van der Waals surface area (Å²) in [4.78, 5) is 38.4. The molecule has 3 aromatic heterocycles. The van der Waals surface area contributed by atoms with E-state index in [0.29, 0.717) is 27.8 Å². The van der Waals surface area contributed by atoms with E-state index in [2.05, 4.69) is 11.9 Å². The molecule has 1 atom stereocenters. The average Bonchev–Trinajstić information content (AvgIpc) is 3.19. The van der Waals surface area contributed by atoms with Crippen LogP contribution in [-0.2, 0) is 11.3 Å². The van der Waals surface area contributed by atoms with Crippen LogP contribution >= 0.6 is 23.1 Å². The maximum absolute atomic E-state index is 13.5. The van der Waals surface area contributed by atoms with Crippen molar-refractivity contribution in [2.45, 2.75) is 31.5 Å². The predicted molar refractivity (Wildman–Crippen MR) is 130 cm³/mol. The lowest BCUT2D eigenvalue weighted by molar-refractivity contribution is -0.130. The highest BCUT2D eigenvalue weighted by atomic mass is 32.2. The molecule has 0 bridgehead atoms. The molecule has 0 saturated carbocycles. The van der Waals surface area contributed by atoms with Crippen LogP contribution in [-0.4, -0.2) is 44.2 Å². The average molecular weight is 465 g/mol. The summed E-state index contributed by atoms with van der Waals surface area (Å²) in [6.07, 6.45) is 3.95. The van der Waals surface area contributed by atoms with Gasteiger partial charge >= 0.3 is 0 Å². The number of likely N-dealkylation sites (tertiary alicyclic amines) is 1. The second kappa shape index (κ2) is 9.03. The Hall–Kier alpha value is -2.71. The van der Waals surface area contributed by atoms with Crippen molar-refractivity contribution in [2.75, 3.05) is 18.8 Å². The maximum atomic E-state index is 13.5.